The molecule has 2 aromatic carbocycles. The number of H-pyrrole nitrogens is 1. The van der Waals surface area contributed by atoms with Gasteiger partial charge in [0.25, 0.3) is 11.8 Å². The molecule has 0 saturated heterocycles. The molecule has 1 heterocycles. The number of ether oxygens (including phenoxy) is 2. The molecule has 182 valence electrons. The number of hydrogen-bond acceptors (Lipinski definition) is 8. The van der Waals surface area contributed by atoms with Gasteiger partial charge in [-0.2, -0.15) is 4.98 Å². The Morgan fingerprint density at radius 3 is 2.60 bits per heavy atom. The van der Waals surface area contributed by atoms with E-state index in [-0.39, 0.29) is 24.4 Å². The molecule has 3 rings (SSSR count). The third kappa shape index (κ3) is 6.67. The highest BCUT2D eigenvalue weighted by Gasteiger charge is 2.21. The van der Waals surface area contributed by atoms with Gasteiger partial charge < -0.3 is 24.9 Å². The molecule has 0 bridgehead atoms. The van der Waals surface area contributed by atoms with Crippen molar-refractivity contribution < 1.29 is 24.3 Å². The third-order valence-electron chi connectivity index (χ3n) is 4.81. The molecule has 3 aromatic rings. The van der Waals surface area contributed by atoms with Crippen LogP contribution in [0.15, 0.2) is 53.3 Å². The molecular weight excluding hydrogens is 456 g/mol. The van der Waals surface area contributed by atoms with E-state index in [0.29, 0.717) is 23.7 Å². The first kappa shape index (κ1) is 25.0. The number of nitro groups is 1. The number of benzene rings is 2. The number of aromatic nitrogens is 2. The number of amides is 1. The van der Waals surface area contributed by atoms with Gasteiger partial charge in [-0.25, -0.2) is 0 Å². The van der Waals surface area contributed by atoms with E-state index < -0.39 is 22.0 Å². The van der Waals surface area contributed by atoms with Gasteiger partial charge in [-0.1, -0.05) is 42.5 Å². The van der Waals surface area contributed by atoms with Crippen LogP contribution in [0.1, 0.15) is 36.8 Å². The second kappa shape index (κ2) is 11.5. The van der Waals surface area contributed by atoms with E-state index in [9.17, 15) is 24.8 Å². The number of carbonyl (C=O) groups is 1. The molecule has 1 amide bonds. The van der Waals surface area contributed by atoms with E-state index in [1.165, 1.54) is 6.08 Å². The smallest absolute Gasteiger partial charge is 0.395 e. The van der Waals surface area contributed by atoms with Crippen molar-refractivity contribution in [3.8, 4) is 17.4 Å². The van der Waals surface area contributed by atoms with Crippen LogP contribution in [0, 0.1) is 10.1 Å². The van der Waals surface area contributed by atoms with Crippen LogP contribution in [-0.4, -0.2) is 39.1 Å². The van der Waals surface area contributed by atoms with Gasteiger partial charge in [0.15, 0.2) is 18.1 Å². The van der Waals surface area contributed by atoms with Crippen LogP contribution in [0.2, 0.25) is 0 Å². The van der Waals surface area contributed by atoms with Gasteiger partial charge in [0, 0.05) is 0 Å². The van der Waals surface area contributed by atoms with Gasteiger partial charge in [-0.05, 0) is 43.2 Å². The van der Waals surface area contributed by atoms with Gasteiger partial charge in [-0.3, -0.25) is 19.7 Å². The summed E-state index contributed by atoms with van der Waals surface area (Å²) in [6.45, 7) is 3.83. The maximum Gasteiger partial charge on any atom is 0.395 e. The normalized spacial score (nSPS) is 11.7. The average Bonchev–Trinajstić information content (AvgIpc) is 2.82. The van der Waals surface area contributed by atoms with Crippen molar-refractivity contribution in [3.05, 3.63) is 86.0 Å². The van der Waals surface area contributed by atoms with Crippen molar-refractivity contribution in [1.29, 1.82) is 0 Å². The fraction of sp³-hybridized carbons (Fsp3) is 0.208. The van der Waals surface area contributed by atoms with Crippen molar-refractivity contribution in [3.63, 3.8) is 0 Å². The van der Waals surface area contributed by atoms with Gasteiger partial charge >= 0.3 is 11.2 Å². The Balaban J connectivity index is 1.69. The molecule has 0 fully saturated rings. The number of carbonyl (C=O) groups excluding carboxylic acids is 1. The number of hydrogen-bond donors (Lipinski definition) is 3. The predicted octanol–water partition coefficient (Wildman–Crippen LogP) is 3.21. The Bertz CT molecular complexity index is 1290. The summed E-state index contributed by atoms with van der Waals surface area (Å²) in [5, 5.41) is 23.3. The molecule has 11 nitrogen and oxygen atoms in total. The minimum atomic E-state index is -1.07. The summed E-state index contributed by atoms with van der Waals surface area (Å²) in [7, 11) is 0. The lowest BCUT2D eigenvalue weighted by Crippen LogP contribution is -2.31. The highest BCUT2D eigenvalue weighted by Crippen LogP contribution is 2.29. The summed E-state index contributed by atoms with van der Waals surface area (Å²) in [6, 6.07) is 14.3. The summed E-state index contributed by atoms with van der Waals surface area (Å²) >= 11 is 0. The third-order valence-corrected chi connectivity index (χ3v) is 4.81. The lowest BCUT2D eigenvalue weighted by molar-refractivity contribution is -0.387. The molecule has 0 aliphatic carbocycles. The fourth-order valence-corrected chi connectivity index (χ4v) is 3.16. The van der Waals surface area contributed by atoms with Crippen LogP contribution < -0.4 is 20.3 Å². The monoisotopic (exact) mass is 480 g/mol. The second-order valence-corrected chi connectivity index (χ2v) is 7.34. The number of rotatable bonds is 10. The summed E-state index contributed by atoms with van der Waals surface area (Å²) in [5.41, 5.74) is -0.488. The first-order valence-electron chi connectivity index (χ1n) is 10.7. The van der Waals surface area contributed by atoms with E-state index in [0.717, 1.165) is 5.56 Å². The molecule has 0 spiro atoms. The number of nitrogens with one attached hydrogen (secondary N) is 2. The van der Waals surface area contributed by atoms with Crippen molar-refractivity contribution in [1.82, 2.24) is 15.3 Å². The van der Waals surface area contributed by atoms with E-state index in [1.807, 2.05) is 37.3 Å². The van der Waals surface area contributed by atoms with Crippen molar-refractivity contribution in [2.45, 2.75) is 19.9 Å². The Labute approximate surface area is 200 Å². The molecule has 0 aliphatic heterocycles. The standard InChI is InChI=1S/C24H24N4O7/c1-3-34-19-13-16(10-12-20-26-23(30)22(28(32)33)24(31)27-20)9-11-18(19)35-14-21(29)25-15(2)17-7-5-4-6-8-17/h4-13,15H,3,14H2,1-2H3,(H,25,29)(H2,26,27,30,31)/b12-10+/t15-/m1/s1. The molecule has 0 aliphatic rings. The lowest BCUT2D eigenvalue weighted by Gasteiger charge is -2.16. The largest absolute Gasteiger partial charge is 0.490 e. The van der Waals surface area contributed by atoms with Crippen molar-refractivity contribution >= 4 is 23.7 Å². The van der Waals surface area contributed by atoms with Crippen molar-refractivity contribution in [2.75, 3.05) is 13.2 Å². The molecular formula is C24H24N4O7. The molecule has 35 heavy (non-hydrogen) atoms. The topological polar surface area (TPSA) is 157 Å². The average molecular weight is 480 g/mol. The molecule has 11 heteroatoms. The van der Waals surface area contributed by atoms with Gasteiger partial charge in [-0.15, -0.1) is 0 Å². The highest BCUT2D eigenvalue weighted by molar-refractivity contribution is 5.78. The summed E-state index contributed by atoms with van der Waals surface area (Å²) in [4.78, 5) is 39.7. The Morgan fingerprint density at radius 1 is 1.20 bits per heavy atom. The first-order chi connectivity index (χ1) is 16.8. The summed E-state index contributed by atoms with van der Waals surface area (Å²) in [6.07, 6.45) is 2.93. The zero-order chi connectivity index (χ0) is 25.4. The SMILES string of the molecule is CCOc1cc(/C=C/c2nc(O)c([N+](=O)[O-])c(=O)[nH]2)ccc1OCC(=O)N[C@H](C)c1ccccc1. The van der Waals surface area contributed by atoms with Crippen molar-refractivity contribution in [2.24, 2.45) is 0 Å². The number of aromatic hydroxyl groups is 1. The van der Waals surface area contributed by atoms with Gasteiger partial charge in [0.2, 0.25) is 0 Å². The maximum absolute atomic E-state index is 12.3. The van der Waals surface area contributed by atoms with E-state index in [1.54, 1.807) is 31.2 Å². The Hall–Kier alpha value is -4.67. The minimum absolute atomic E-state index is 0.0689. The van der Waals surface area contributed by atoms with E-state index in [4.69, 9.17) is 9.47 Å². The van der Waals surface area contributed by atoms with Crippen LogP contribution in [0.25, 0.3) is 12.2 Å². The van der Waals surface area contributed by atoms with Crippen LogP contribution in [0.4, 0.5) is 5.69 Å². The highest BCUT2D eigenvalue weighted by atomic mass is 16.6. The summed E-state index contributed by atoms with van der Waals surface area (Å²) in [5.74, 6) is -0.573. The molecule has 3 N–H and O–H groups in total. The molecule has 1 aromatic heterocycles. The zero-order valence-corrected chi connectivity index (χ0v) is 19.1. The first-order valence-corrected chi connectivity index (χ1v) is 10.7. The van der Waals surface area contributed by atoms with Crippen LogP contribution in [0.3, 0.4) is 0 Å². The van der Waals surface area contributed by atoms with E-state index in [2.05, 4.69) is 15.3 Å². The molecule has 0 saturated carbocycles. The van der Waals surface area contributed by atoms with Gasteiger partial charge in [0.1, 0.15) is 5.82 Å². The van der Waals surface area contributed by atoms with Crippen LogP contribution in [0.5, 0.6) is 17.4 Å². The minimum Gasteiger partial charge on any atom is -0.490 e. The number of nitrogens with zero attached hydrogens (tertiary/aromatic N) is 2. The maximum atomic E-state index is 12.3. The van der Waals surface area contributed by atoms with Gasteiger partial charge in [0.05, 0.1) is 17.6 Å². The fourth-order valence-electron chi connectivity index (χ4n) is 3.16. The zero-order valence-electron chi connectivity index (χ0n) is 19.1. The van der Waals surface area contributed by atoms with Crippen LogP contribution >= 0.6 is 0 Å². The summed E-state index contributed by atoms with van der Waals surface area (Å²) < 4.78 is 11.3. The lowest BCUT2D eigenvalue weighted by atomic mass is 10.1. The predicted molar refractivity (Wildman–Crippen MR) is 128 cm³/mol. The molecule has 0 radical (unpaired) electrons. The van der Waals surface area contributed by atoms with Crippen LogP contribution in [-0.2, 0) is 4.79 Å². The second-order valence-electron chi connectivity index (χ2n) is 7.34. The molecule has 1 atom stereocenters. The quantitative estimate of drug-likeness (QED) is 0.295. The van der Waals surface area contributed by atoms with E-state index >= 15 is 0 Å². The molecule has 0 unspecified atom stereocenters. The Kier molecular flexibility index (Phi) is 8.17. The Morgan fingerprint density at radius 2 is 1.94 bits per heavy atom. The number of aromatic amines is 1.